The number of anilines is 1. The molecule has 0 aliphatic heterocycles. The Bertz CT molecular complexity index is 696. The highest BCUT2D eigenvalue weighted by atomic mass is 32.2. The molecule has 2 aromatic rings. The van der Waals surface area contributed by atoms with Crippen molar-refractivity contribution >= 4 is 26.5 Å². The summed E-state index contributed by atoms with van der Waals surface area (Å²) in [5.41, 5.74) is 1.10. The minimum atomic E-state index is -3.56. The molecule has 0 unspecified atom stereocenters. The molecule has 1 heterocycles. The SMILES string of the molecule is Cc1cnc(NS(=O)(=O)c2ccc(C(C)(C)C)cc2)s1. The van der Waals surface area contributed by atoms with E-state index in [4.69, 9.17) is 0 Å². The number of rotatable bonds is 3. The largest absolute Gasteiger partial charge is 0.263 e. The van der Waals surface area contributed by atoms with Crippen LogP contribution in [0, 0.1) is 6.92 Å². The van der Waals surface area contributed by atoms with Gasteiger partial charge in [-0.05, 0) is 30.0 Å². The normalized spacial score (nSPS) is 12.4. The Morgan fingerprint density at radius 1 is 1.15 bits per heavy atom. The van der Waals surface area contributed by atoms with Crippen LogP contribution < -0.4 is 4.72 Å². The van der Waals surface area contributed by atoms with Crippen LogP contribution in [0.15, 0.2) is 35.4 Å². The molecule has 0 spiro atoms. The first-order valence-corrected chi connectivity index (χ1v) is 8.54. The van der Waals surface area contributed by atoms with Crippen LogP contribution in [0.3, 0.4) is 0 Å². The van der Waals surface area contributed by atoms with E-state index in [2.05, 4.69) is 30.5 Å². The summed E-state index contributed by atoms with van der Waals surface area (Å²) in [5, 5.41) is 0.391. The molecule has 20 heavy (non-hydrogen) atoms. The van der Waals surface area contributed by atoms with Crippen LogP contribution in [0.4, 0.5) is 5.13 Å². The number of nitrogens with zero attached hydrogens (tertiary/aromatic N) is 1. The first kappa shape index (κ1) is 15.0. The van der Waals surface area contributed by atoms with Gasteiger partial charge in [-0.1, -0.05) is 32.9 Å². The van der Waals surface area contributed by atoms with Gasteiger partial charge in [0.2, 0.25) is 0 Å². The molecule has 0 aliphatic rings. The number of aryl methyl sites for hydroxylation is 1. The van der Waals surface area contributed by atoms with E-state index in [0.29, 0.717) is 5.13 Å². The Hall–Kier alpha value is -1.40. The third-order valence-electron chi connectivity index (χ3n) is 2.87. The van der Waals surface area contributed by atoms with E-state index < -0.39 is 10.0 Å². The Morgan fingerprint density at radius 2 is 1.75 bits per heavy atom. The third kappa shape index (κ3) is 3.37. The maximum atomic E-state index is 12.2. The summed E-state index contributed by atoms with van der Waals surface area (Å²) in [6, 6.07) is 6.95. The number of sulfonamides is 1. The Morgan fingerprint density at radius 3 is 2.20 bits per heavy atom. The van der Waals surface area contributed by atoms with Gasteiger partial charge in [0.15, 0.2) is 5.13 Å². The second-order valence-electron chi connectivity index (χ2n) is 5.66. The van der Waals surface area contributed by atoms with Crippen molar-refractivity contribution in [3.63, 3.8) is 0 Å². The summed E-state index contributed by atoms with van der Waals surface area (Å²) in [6.07, 6.45) is 1.64. The smallest absolute Gasteiger partial charge is 0.255 e. The lowest BCUT2D eigenvalue weighted by molar-refractivity contribution is 0.587. The first-order chi connectivity index (χ1) is 9.18. The van der Waals surface area contributed by atoms with Gasteiger partial charge in [0.25, 0.3) is 10.0 Å². The maximum absolute atomic E-state index is 12.2. The number of thiazole rings is 1. The van der Waals surface area contributed by atoms with Crippen LogP contribution in [0.2, 0.25) is 0 Å². The zero-order valence-corrected chi connectivity index (χ0v) is 13.6. The molecular weight excluding hydrogens is 292 g/mol. The molecule has 0 bridgehead atoms. The van der Waals surface area contributed by atoms with Crippen LogP contribution in [0.5, 0.6) is 0 Å². The highest BCUT2D eigenvalue weighted by Crippen LogP contribution is 2.25. The summed E-state index contributed by atoms with van der Waals surface area (Å²) in [4.78, 5) is 5.22. The van der Waals surface area contributed by atoms with Crippen molar-refractivity contribution in [1.82, 2.24) is 4.98 Å². The van der Waals surface area contributed by atoms with E-state index in [1.54, 1.807) is 18.3 Å². The van der Waals surface area contributed by atoms with Crippen molar-refractivity contribution in [3.8, 4) is 0 Å². The van der Waals surface area contributed by atoms with Crippen molar-refractivity contribution in [2.75, 3.05) is 4.72 Å². The quantitative estimate of drug-likeness (QED) is 0.943. The Kier molecular flexibility index (Phi) is 3.88. The van der Waals surface area contributed by atoms with Crippen molar-refractivity contribution < 1.29 is 8.42 Å². The molecule has 0 fully saturated rings. The number of hydrogen-bond acceptors (Lipinski definition) is 4. The molecule has 6 heteroatoms. The fourth-order valence-corrected chi connectivity index (χ4v) is 3.62. The molecule has 0 radical (unpaired) electrons. The van der Waals surface area contributed by atoms with Gasteiger partial charge in [-0.2, -0.15) is 0 Å². The van der Waals surface area contributed by atoms with E-state index in [1.165, 1.54) is 11.3 Å². The number of hydrogen-bond donors (Lipinski definition) is 1. The van der Waals surface area contributed by atoms with Gasteiger partial charge in [0, 0.05) is 11.1 Å². The van der Waals surface area contributed by atoms with Gasteiger partial charge in [-0.25, -0.2) is 13.4 Å². The molecule has 1 aromatic heterocycles. The minimum absolute atomic E-state index is 0.00212. The van der Waals surface area contributed by atoms with Crippen LogP contribution in [0.25, 0.3) is 0 Å². The molecule has 0 aliphatic carbocycles. The van der Waals surface area contributed by atoms with E-state index in [1.807, 2.05) is 19.1 Å². The highest BCUT2D eigenvalue weighted by Gasteiger charge is 2.18. The Labute approximate surface area is 123 Å². The standard InChI is InChI=1S/C14H18N2O2S2/c1-10-9-15-13(19-10)16-20(17,18)12-7-5-11(6-8-12)14(2,3)4/h5-9H,1-4H3,(H,15,16). The summed E-state index contributed by atoms with van der Waals surface area (Å²) in [6.45, 7) is 8.15. The van der Waals surface area contributed by atoms with E-state index in [-0.39, 0.29) is 10.3 Å². The number of benzene rings is 1. The highest BCUT2D eigenvalue weighted by molar-refractivity contribution is 7.93. The summed E-state index contributed by atoms with van der Waals surface area (Å²) in [5.74, 6) is 0. The predicted octanol–water partition coefficient (Wildman–Crippen LogP) is 3.55. The lowest BCUT2D eigenvalue weighted by Crippen LogP contribution is -2.14. The molecule has 0 amide bonds. The van der Waals surface area contributed by atoms with Gasteiger partial charge in [-0.3, -0.25) is 4.72 Å². The molecular formula is C14H18N2O2S2. The zero-order valence-electron chi connectivity index (χ0n) is 12.0. The van der Waals surface area contributed by atoms with Crippen LogP contribution in [-0.2, 0) is 15.4 Å². The van der Waals surface area contributed by atoms with E-state index >= 15 is 0 Å². The average Bonchev–Trinajstić information content (AvgIpc) is 2.73. The number of aromatic nitrogens is 1. The predicted molar refractivity (Wildman–Crippen MR) is 82.8 cm³/mol. The van der Waals surface area contributed by atoms with Crippen LogP contribution in [-0.4, -0.2) is 13.4 Å². The Balaban J connectivity index is 2.26. The summed E-state index contributed by atoms with van der Waals surface area (Å²) >= 11 is 1.32. The molecule has 0 saturated heterocycles. The fourth-order valence-electron chi connectivity index (χ4n) is 1.71. The monoisotopic (exact) mass is 310 g/mol. The number of nitrogens with one attached hydrogen (secondary N) is 1. The first-order valence-electron chi connectivity index (χ1n) is 6.24. The second kappa shape index (κ2) is 5.18. The van der Waals surface area contributed by atoms with Gasteiger partial charge in [0.1, 0.15) is 0 Å². The topological polar surface area (TPSA) is 59.1 Å². The maximum Gasteiger partial charge on any atom is 0.263 e. The van der Waals surface area contributed by atoms with Crippen molar-refractivity contribution in [1.29, 1.82) is 0 Å². The van der Waals surface area contributed by atoms with Gasteiger partial charge in [0.05, 0.1) is 4.90 Å². The average molecular weight is 310 g/mol. The lowest BCUT2D eigenvalue weighted by Gasteiger charge is -2.19. The molecule has 4 nitrogen and oxygen atoms in total. The van der Waals surface area contributed by atoms with Crippen molar-refractivity contribution in [3.05, 3.63) is 40.9 Å². The van der Waals surface area contributed by atoms with Gasteiger partial charge >= 0.3 is 0 Å². The van der Waals surface area contributed by atoms with Crippen LogP contribution in [0.1, 0.15) is 31.2 Å². The van der Waals surface area contributed by atoms with Gasteiger partial charge < -0.3 is 0 Å². The zero-order chi connectivity index (χ0) is 15.0. The molecule has 2 rings (SSSR count). The molecule has 1 N–H and O–H groups in total. The minimum Gasteiger partial charge on any atom is -0.255 e. The lowest BCUT2D eigenvalue weighted by atomic mass is 9.87. The van der Waals surface area contributed by atoms with Crippen LogP contribution >= 0.6 is 11.3 Å². The van der Waals surface area contributed by atoms with Gasteiger partial charge in [-0.15, -0.1) is 11.3 Å². The molecule has 0 atom stereocenters. The fraction of sp³-hybridized carbons (Fsp3) is 0.357. The molecule has 1 aromatic carbocycles. The van der Waals surface area contributed by atoms with E-state index in [0.717, 1.165) is 10.4 Å². The third-order valence-corrected chi connectivity index (χ3v) is 5.19. The summed E-state index contributed by atoms with van der Waals surface area (Å²) in [7, 11) is -3.56. The summed E-state index contributed by atoms with van der Waals surface area (Å²) < 4.78 is 26.9. The second-order valence-corrected chi connectivity index (χ2v) is 8.57. The van der Waals surface area contributed by atoms with E-state index in [9.17, 15) is 8.42 Å². The molecule has 0 saturated carbocycles. The van der Waals surface area contributed by atoms with Crippen molar-refractivity contribution in [2.45, 2.75) is 38.0 Å². The van der Waals surface area contributed by atoms with Crippen molar-refractivity contribution in [2.24, 2.45) is 0 Å². The molecule has 108 valence electrons.